The van der Waals surface area contributed by atoms with Crippen LogP contribution in [0.2, 0.25) is 0 Å². The lowest BCUT2D eigenvalue weighted by molar-refractivity contribution is -0.138. The molecule has 0 radical (unpaired) electrons. The van der Waals surface area contributed by atoms with Crippen LogP contribution in [0.4, 0.5) is 0 Å². The molecule has 1 aliphatic rings. The number of ether oxygens (including phenoxy) is 1. The van der Waals surface area contributed by atoms with Gasteiger partial charge >= 0.3 is 5.97 Å². The third kappa shape index (κ3) is 9.44. The molecule has 2 N–H and O–H groups in total. The third-order valence-corrected chi connectivity index (χ3v) is 8.09. The lowest BCUT2D eigenvalue weighted by Gasteiger charge is -2.36. The summed E-state index contributed by atoms with van der Waals surface area (Å²) in [7, 11) is 5.17. The van der Waals surface area contributed by atoms with Crippen LogP contribution in [0.1, 0.15) is 88.3 Å². The summed E-state index contributed by atoms with van der Waals surface area (Å²) < 4.78 is 4.64. The van der Waals surface area contributed by atoms with Crippen LogP contribution in [0, 0.1) is 11.8 Å². The van der Waals surface area contributed by atoms with Crippen molar-refractivity contribution in [3.05, 3.63) is 16.1 Å². The number of hydrogen-bond acceptors (Lipinski definition) is 8. The minimum atomic E-state index is -0.924. The van der Waals surface area contributed by atoms with E-state index in [0.29, 0.717) is 11.4 Å². The number of methoxy groups -OCH3 is 1. The van der Waals surface area contributed by atoms with E-state index >= 15 is 0 Å². The number of hydrogen-bond donors (Lipinski definition) is 2. The molecule has 2 amide bonds. The Morgan fingerprint density at radius 3 is 2.50 bits per heavy atom. The maximum Gasteiger partial charge on any atom is 0.357 e. The summed E-state index contributed by atoms with van der Waals surface area (Å²) in [6.07, 6.45) is 4.87. The number of carbonyl (C=O) groups is 3. The van der Waals surface area contributed by atoms with Gasteiger partial charge in [0.25, 0.3) is 0 Å². The molecular formula is C26H46N4O5S. The van der Waals surface area contributed by atoms with Gasteiger partial charge in [-0.1, -0.05) is 40.5 Å². The van der Waals surface area contributed by atoms with Gasteiger partial charge in [-0.25, -0.2) is 9.78 Å². The molecule has 1 fully saturated rings. The monoisotopic (exact) mass is 526 g/mol. The van der Waals surface area contributed by atoms with E-state index in [0.717, 1.165) is 12.5 Å². The van der Waals surface area contributed by atoms with Gasteiger partial charge in [-0.05, 0) is 45.2 Å². The smallest absolute Gasteiger partial charge is 0.357 e. The molecule has 0 bridgehead atoms. The van der Waals surface area contributed by atoms with Crippen LogP contribution in [-0.2, 0) is 14.3 Å². The highest BCUT2D eigenvalue weighted by molar-refractivity contribution is 7.09. The van der Waals surface area contributed by atoms with Gasteiger partial charge in [0.15, 0.2) is 5.69 Å². The number of esters is 1. The summed E-state index contributed by atoms with van der Waals surface area (Å²) in [4.78, 5) is 43.6. The van der Waals surface area contributed by atoms with Gasteiger partial charge in [0.2, 0.25) is 12.3 Å². The number of nitrogens with one attached hydrogen (secondary N) is 1. The Kier molecular flexibility index (Phi) is 14.2. The first-order valence-corrected chi connectivity index (χ1v) is 13.7. The van der Waals surface area contributed by atoms with Crippen LogP contribution in [0.25, 0.3) is 0 Å². The second-order valence-corrected chi connectivity index (χ2v) is 10.9. The molecule has 9 nitrogen and oxygen atoms in total. The Morgan fingerprint density at radius 2 is 2.03 bits per heavy atom. The van der Waals surface area contributed by atoms with Gasteiger partial charge in [-0.15, -0.1) is 11.3 Å². The second-order valence-electron chi connectivity index (χ2n) is 10.0. The highest BCUT2D eigenvalue weighted by Gasteiger charge is 2.33. The van der Waals surface area contributed by atoms with Crippen molar-refractivity contribution in [2.75, 3.05) is 27.7 Å². The van der Waals surface area contributed by atoms with Crippen molar-refractivity contribution in [2.45, 2.75) is 91.0 Å². The molecule has 36 heavy (non-hydrogen) atoms. The van der Waals surface area contributed by atoms with Crippen molar-refractivity contribution < 1.29 is 24.2 Å². The lowest BCUT2D eigenvalue weighted by atomic mass is 9.93. The number of rotatable bonds is 11. The average Bonchev–Trinajstić information content (AvgIpc) is 3.36. The predicted molar refractivity (Wildman–Crippen MR) is 143 cm³/mol. The van der Waals surface area contributed by atoms with Crippen molar-refractivity contribution in [3.8, 4) is 0 Å². The number of likely N-dealkylation sites (tertiary alicyclic amines) is 1. The molecule has 0 saturated carbocycles. The van der Waals surface area contributed by atoms with E-state index in [1.165, 1.54) is 49.6 Å². The normalized spacial score (nSPS) is 19.3. The van der Waals surface area contributed by atoms with Gasteiger partial charge < -0.3 is 25.0 Å². The Morgan fingerprint density at radius 1 is 1.36 bits per heavy atom. The molecule has 1 aromatic rings. The zero-order chi connectivity index (χ0) is 27.4. The van der Waals surface area contributed by atoms with E-state index < -0.39 is 18.1 Å². The fraction of sp³-hybridized carbons (Fsp3) is 0.769. The molecule has 5 atom stereocenters. The SMILES string of the molecule is CC1CCCCN1C.CCC(C)C(NC=O)C(=O)N(C)C(CC(O)c1nc(C(=O)OC)cs1)C(C)C. The first-order chi connectivity index (χ1) is 17.0. The molecule has 2 rings (SSSR count). The van der Waals surface area contributed by atoms with Gasteiger partial charge in [0.05, 0.1) is 7.11 Å². The topological polar surface area (TPSA) is 112 Å². The molecule has 1 aromatic heterocycles. The number of thiazole rings is 1. The standard InChI is InChI=1S/C19H31N3O5S.C7H15N/c1-7-12(4)16(20-10-23)18(25)22(5)14(11(2)3)8-15(24)17-21-13(9-28-17)19(26)27-6;1-7-5-3-4-6-8(7)2/h9-12,14-16,24H,7-8H2,1-6H3,(H,20,23);7H,3-6H2,1-2H3. The maximum atomic E-state index is 13.0. The maximum absolute atomic E-state index is 13.0. The second kappa shape index (κ2) is 15.9. The summed E-state index contributed by atoms with van der Waals surface area (Å²) in [5, 5.41) is 15.2. The van der Waals surface area contributed by atoms with Crippen LogP contribution in [0.15, 0.2) is 5.38 Å². The minimum Gasteiger partial charge on any atom is -0.464 e. The number of aromatic nitrogens is 1. The van der Waals surface area contributed by atoms with Crippen LogP contribution in [0.3, 0.4) is 0 Å². The fourth-order valence-corrected chi connectivity index (χ4v) is 5.04. The summed E-state index contributed by atoms with van der Waals surface area (Å²) in [5.74, 6) is -0.697. The largest absolute Gasteiger partial charge is 0.464 e. The number of carbonyl (C=O) groups excluding carboxylic acids is 3. The number of likely N-dealkylation sites (N-methyl/N-ethyl adjacent to an activating group) is 1. The first kappa shape index (κ1) is 32.0. The summed E-state index contributed by atoms with van der Waals surface area (Å²) in [6, 6.07) is -0.0478. The first-order valence-electron chi connectivity index (χ1n) is 12.9. The molecular weight excluding hydrogens is 480 g/mol. The number of amides is 2. The van der Waals surface area contributed by atoms with Gasteiger partial charge in [0, 0.05) is 30.9 Å². The van der Waals surface area contributed by atoms with Crippen LogP contribution < -0.4 is 5.32 Å². The average molecular weight is 527 g/mol. The van der Waals surface area contributed by atoms with Crippen molar-refractivity contribution >= 4 is 29.6 Å². The number of piperidine rings is 1. The van der Waals surface area contributed by atoms with Gasteiger partial charge in [0.1, 0.15) is 17.2 Å². The predicted octanol–water partition coefficient (Wildman–Crippen LogP) is 3.49. The molecule has 1 saturated heterocycles. The summed E-state index contributed by atoms with van der Waals surface area (Å²) in [6.45, 7) is 11.4. The van der Waals surface area contributed by atoms with Crippen molar-refractivity contribution in [3.63, 3.8) is 0 Å². The van der Waals surface area contributed by atoms with E-state index in [4.69, 9.17) is 0 Å². The number of nitrogens with zero attached hydrogens (tertiary/aromatic N) is 3. The van der Waals surface area contributed by atoms with E-state index in [1.807, 2.05) is 27.7 Å². The van der Waals surface area contributed by atoms with E-state index in [-0.39, 0.29) is 35.9 Å². The van der Waals surface area contributed by atoms with E-state index in [9.17, 15) is 19.5 Å². The quantitative estimate of drug-likeness (QED) is 0.335. The van der Waals surface area contributed by atoms with Crippen LogP contribution >= 0.6 is 11.3 Å². The molecule has 0 aromatic carbocycles. The number of aliphatic hydroxyl groups is 1. The van der Waals surface area contributed by atoms with Crippen LogP contribution in [-0.4, -0.2) is 84.1 Å². The van der Waals surface area contributed by atoms with Gasteiger partial charge in [-0.3, -0.25) is 9.59 Å². The molecule has 0 aliphatic carbocycles. The Balaban J connectivity index is 0.000000681. The molecule has 2 heterocycles. The molecule has 0 spiro atoms. The van der Waals surface area contributed by atoms with Gasteiger partial charge in [-0.2, -0.15) is 0 Å². The van der Waals surface area contributed by atoms with Crippen molar-refractivity contribution in [2.24, 2.45) is 11.8 Å². The highest BCUT2D eigenvalue weighted by atomic mass is 32.1. The zero-order valence-electron chi connectivity index (χ0n) is 23.2. The lowest BCUT2D eigenvalue weighted by Crippen LogP contribution is -2.52. The van der Waals surface area contributed by atoms with Crippen LogP contribution in [0.5, 0.6) is 0 Å². The molecule has 1 aliphatic heterocycles. The Hall–Kier alpha value is -2.04. The molecule has 10 heteroatoms. The van der Waals surface area contributed by atoms with Crippen molar-refractivity contribution in [1.82, 2.24) is 20.1 Å². The summed E-state index contributed by atoms with van der Waals surface area (Å²) in [5.41, 5.74) is 0.152. The zero-order valence-corrected chi connectivity index (χ0v) is 24.0. The van der Waals surface area contributed by atoms with E-state index in [1.54, 1.807) is 11.9 Å². The third-order valence-electron chi connectivity index (χ3n) is 7.14. The molecule has 206 valence electrons. The number of aliphatic hydroxyl groups excluding tert-OH is 1. The Bertz CT molecular complexity index is 808. The summed E-state index contributed by atoms with van der Waals surface area (Å²) >= 11 is 1.17. The fourth-order valence-electron chi connectivity index (χ4n) is 4.26. The highest BCUT2D eigenvalue weighted by Crippen LogP contribution is 2.27. The minimum absolute atomic E-state index is 0.0144. The van der Waals surface area contributed by atoms with E-state index in [2.05, 4.69) is 33.9 Å². The molecule has 5 unspecified atom stereocenters. The van der Waals surface area contributed by atoms with Crippen molar-refractivity contribution in [1.29, 1.82) is 0 Å². The Labute approximate surface area is 220 Å².